The molecule has 0 bridgehead atoms. The summed E-state index contributed by atoms with van der Waals surface area (Å²) in [5, 5.41) is 0. The van der Waals surface area contributed by atoms with Crippen LogP contribution in [-0.2, 0) is 13.0 Å². The minimum Gasteiger partial charge on any atom is -0.297 e. The van der Waals surface area contributed by atoms with Gasteiger partial charge in [0.2, 0.25) is 0 Å². The van der Waals surface area contributed by atoms with Crippen LogP contribution in [0.5, 0.6) is 0 Å². The number of hydrogen-bond donors (Lipinski definition) is 0. The zero-order chi connectivity index (χ0) is 10.8. The van der Waals surface area contributed by atoms with Gasteiger partial charge in [-0.15, -0.1) is 0 Å². The molecule has 2 heterocycles. The van der Waals surface area contributed by atoms with Gasteiger partial charge in [0, 0.05) is 18.8 Å². The van der Waals surface area contributed by atoms with Crippen molar-refractivity contribution in [2.24, 2.45) is 0 Å². The first kappa shape index (κ1) is 10.6. The fourth-order valence-electron chi connectivity index (χ4n) is 2.07. The lowest BCUT2D eigenvalue weighted by Crippen LogP contribution is -2.31. The van der Waals surface area contributed by atoms with E-state index in [0.29, 0.717) is 5.92 Å². The SMILES string of the molecule is CCN1CCc2ccc(C(C)C)nc2C1. The zero-order valence-corrected chi connectivity index (χ0v) is 9.95. The molecular formula is C13H20N2. The third-order valence-corrected chi connectivity index (χ3v) is 3.20. The van der Waals surface area contributed by atoms with Crippen molar-refractivity contribution in [3.05, 3.63) is 29.1 Å². The minimum absolute atomic E-state index is 0.535. The molecule has 1 aromatic rings. The Balaban J connectivity index is 2.26. The van der Waals surface area contributed by atoms with E-state index < -0.39 is 0 Å². The van der Waals surface area contributed by atoms with Crippen LogP contribution in [0.1, 0.15) is 43.6 Å². The molecule has 0 saturated heterocycles. The van der Waals surface area contributed by atoms with Crippen molar-refractivity contribution in [2.45, 2.75) is 39.7 Å². The van der Waals surface area contributed by atoms with Crippen molar-refractivity contribution in [2.75, 3.05) is 13.1 Å². The Labute approximate surface area is 92.3 Å². The van der Waals surface area contributed by atoms with E-state index in [1.807, 2.05) is 0 Å². The largest absolute Gasteiger partial charge is 0.297 e. The third kappa shape index (κ3) is 2.20. The monoisotopic (exact) mass is 204 g/mol. The molecule has 2 nitrogen and oxygen atoms in total. The van der Waals surface area contributed by atoms with Gasteiger partial charge < -0.3 is 0 Å². The predicted octanol–water partition coefficient (Wildman–Crippen LogP) is 2.58. The molecule has 0 aliphatic carbocycles. The fourth-order valence-corrected chi connectivity index (χ4v) is 2.07. The number of hydrogen-bond acceptors (Lipinski definition) is 2. The Morgan fingerprint density at radius 3 is 2.87 bits per heavy atom. The van der Waals surface area contributed by atoms with Crippen LogP contribution >= 0.6 is 0 Å². The summed E-state index contributed by atoms with van der Waals surface area (Å²) in [5.41, 5.74) is 3.98. The molecule has 0 N–H and O–H groups in total. The maximum Gasteiger partial charge on any atom is 0.0579 e. The van der Waals surface area contributed by atoms with Crippen LogP contribution in [-0.4, -0.2) is 23.0 Å². The molecule has 15 heavy (non-hydrogen) atoms. The predicted molar refractivity (Wildman–Crippen MR) is 63.0 cm³/mol. The Hall–Kier alpha value is -0.890. The molecule has 0 unspecified atom stereocenters. The lowest BCUT2D eigenvalue weighted by atomic mass is 10.0. The first-order valence-corrected chi connectivity index (χ1v) is 5.91. The second kappa shape index (κ2) is 4.31. The van der Waals surface area contributed by atoms with E-state index in [1.54, 1.807) is 0 Å². The molecule has 0 amide bonds. The summed E-state index contributed by atoms with van der Waals surface area (Å²) in [4.78, 5) is 7.23. The molecular weight excluding hydrogens is 184 g/mol. The number of fused-ring (bicyclic) bond motifs is 1. The standard InChI is InChI=1S/C13H20N2/c1-4-15-8-7-11-5-6-12(10(2)3)14-13(11)9-15/h5-6,10H,4,7-9H2,1-3H3. The van der Waals surface area contributed by atoms with Crippen LogP contribution in [0.3, 0.4) is 0 Å². The Bertz CT molecular complexity index is 344. The first-order valence-electron chi connectivity index (χ1n) is 5.91. The molecule has 2 rings (SSSR count). The molecule has 0 radical (unpaired) electrons. The molecule has 1 aromatic heterocycles. The summed E-state index contributed by atoms with van der Waals surface area (Å²) in [6.45, 7) is 9.98. The van der Waals surface area contributed by atoms with Crippen molar-refractivity contribution >= 4 is 0 Å². The van der Waals surface area contributed by atoms with Crippen molar-refractivity contribution < 1.29 is 0 Å². The van der Waals surface area contributed by atoms with Gasteiger partial charge in [-0.2, -0.15) is 0 Å². The summed E-state index contributed by atoms with van der Waals surface area (Å²) < 4.78 is 0. The Morgan fingerprint density at radius 2 is 2.20 bits per heavy atom. The van der Waals surface area contributed by atoms with Gasteiger partial charge in [-0.05, 0) is 30.5 Å². The molecule has 0 aromatic carbocycles. The maximum absolute atomic E-state index is 4.77. The second-order valence-electron chi connectivity index (χ2n) is 4.62. The Kier molecular flexibility index (Phi) is 3.06. The highest BCUT2D eigenvalue weighted by molar-refractivity contribution is 5.26. The van der Waals surface area contributed by atoms with E-state index in [4.69, 9.17) is 4.98 Å². The normalized spacial score (nSPS) is 16.8. The number of rotatable bonds is 2. The summed E-state index contributed by atoms with van der Waals surface area (Å²) in [6.07, 6.45) is 1.16. The summed E-state index contributed by atoms with van der Waals surface area (Å²) >= 11 is 0. The van der Waals surface area contributed by atoms with Crippen molar-refractivity contribution in [1.29, 1.82) is 0 Å². The molecule has 0 fully saturated rings. The van der Waals surface area contributed by atoms with Crippen LogP contribution in [0, 0.1) is 0 Å². The van der Waals surface area contributed by atoms with Crippen molar-refractivity contribution in [3.63, 3.8) is 0 Å². The quantitative estimate of drug-likeness (QED) is 0.736. The minimum atomic E-state index is 0.535. The summed E-state index contributed by atoms with van der Waals surface area (Å²) in [7, 11) is 0. The molecule has 0 saturated carbocycles. The zero-order valence-electron chi connectivity index (χ0n) is 9.95. The van der Waals surface area contributed by atoms with Gasteiger partial charge in [0.05, 0.1) is 5.69 Å². The van der Waals surface area contributed by atoms with Gasteiger partial charge >= 0.3 is 0 Å². The molecule has 0 atom stereocenters. The fraction of sp³-hybridized carbons (Fsp3) is 0.615. The van der Waals surface area contributed by atoms with Crippen LogP contribution < -0.4 is 0 Å². The highest BCUT2D eigenvalue weighted by Gasteiger charge is 2.16. The topological polar surface area (TPSA) is 16.1 Å². The molecule has 1 aliphatic rings. The first-order chi connectivity index (χ1) is 7.20. The average molecular weight is 204 g/mol. The number of aromatic nitrogens is 1. The van der Waals surface area contributed by atoms with E-state index in [0.717, 1.165) is 19.5 Å². The third-order valence-electron chi connectivity index (χ3n) is 3.20. The van der Waals surface area contributed by atoms with Gasteiger partial charge in [0.1, 0.15) is 0 Å². The smallest absolute Gasteiger partial charge is 0.0579 e. The molecule has 1 aliphatic heterocycles. The van der Waals surface area contributed by atoms with Crippen molar-refractivity contribution in [1.82, 2.24) is 9.88 Å². The summed E-state index contributed by atoms with van der Waals surface area (Å²) in [6, 6.07) is 4.45. The lowest BCUT2D eigenvalue weighted by Gasteiger charge is -2.27. The van der Waals surface area contributed by atoms with Gasteiger partial charge in [0.25, 0.3) is 0 Å². The van der Waals surface area contributed by atoms with E-state index >= 15 is 0 Å². The molecule has 82 valence electrons. The summed E-state index contributed by atoms with van der Waals surface area (Å²) in [5.74, 6) is 0.535. The number of nitrogens with zero attached hydrogens (tertiary/aromatic N) is 2. The van der Waals surface area contributed by atoms with E-state index in [-0.39, 0.29) is 0 Å². The number of likely N-dealkylation sites (N-methyl/N-ethyl adjacent to an activating group) is 1. The van der Waals surface area contributed by atoms with Crippen LogP contribution in [0.2, 0.25) is 0 Å². The molecule has 2 heteroatoms. The van der Waals surface area contributed by atoms with Gasteiger partial charge in [-0.1, -0.05) is 26.8 Å². The highest BCUT2D eigenvalue weighted by atomic mass is 15.1. The Morgan fingerprint density at radius 1 is 1.40 bits per heavy atom. The van der Waals surface area contributed by atoms with Crippen LogP contribution in [0.15, 0.2) is 12.1 Å². The molecule has 0 spiro atoms. The van der Waals surface area contributed by atoms with Crippen molar-refractivity contribution in [3.8, 4) is 0 Å². The highest BCUT2D eigenvalue weighted by Crippen LogP contribution is 2.20. The lowest BCUT2D eigenvalue weighted by molar-refractivity contribution is 0.263. The number of pyridine rings is 1. The van der Waals surface area contributed by atoms with E-state index in [9.17, 15) is 0 Å². The second-order valence-corrected chi connectivity index (χ2v) is 4.62. The van der Waals surface area contributed by atoms with Gasteiger partial charge in [0.15, 0.2) is 0 Å². The van der Waals surface area contributed by atoms with Gasteiger partial charge in [-0.25, -0.2) is 0 Å². The van der Waals surface area contributed by atoms with Crippen LogP contribution in [0.25, 0.3) is 0 Å². The van der Waals surface area contributed by atoms with Gasteiger partial charge in [-0.3, -0.25) is 9.88 Å². The maximum atomic E-state index is 4.77. The average Bonchev–Trinajstić information content (AvgIpc) is 2.27. The van der Waals surface area contributed by atoms with E-state index in [2.05, 4.69) is 37.8 Å². The van der Waals surface area contributed by atoms with Crippen LogP contribution in [0.4, 0.5) is 0 Å². The van der Waals surface area contributed by atoms with E-state index in [1.165, 1.54) is 23.5 Å².